The molecule has 56 valence electrons. The number of carbonyl (C=O) groups is 1. The normalized spacial score (nSPS) is 9.00. The molecule has 0 saturated heterocycles. The second kappa shape index (κ2) is 2.79. The number of aromatic nitrogens is 3. The highest BCUT2D eigenvalue weighted by atomic mass is 16.4. The highest BCUT2D eigenvalue weighted by Gasteiger charge is 2.06. The van der Waals surface area contributed by atoms with Gasteiger partial charge in [-0.3, -0.25) is 0 Å². The fourth-order valence-electron chi connectivity index (χ4n) is 0.546. The maximum atomic E-state index is 10.2. The molecule has 0 aromatic carbocycles. The molecular weight excluding hydrogens is 148 g/mol. The molecule has 0 bridgehead atoms. The first-order valence-corrected chi connectivity index (χ1v) is 2.74. The van der Waals surface area contributed by atoms with Gasteiger partial charge in [0.1, 0.15) is 6.54 Å². The maximum Gasteiger partial charge on any atom is 0.358 e. The van der Waals surface area contributed by atoms with E-state index in [-0.39, 0.29) is 12.2 Å². The van der Waals surface area contributed by atoms with E-state index >= 15 is 0 Å². The number of carboxylic acid groups (broad SMARTS) is 1. The molecule has 11 heavy (non-hydrogen) atoms. The minimum absolute atomic E-state index is 0.0142. The first kappa shape index (κ1) is 7.21. The van der Waals surface area contributed by atoms with Crippen LogP contribution in [0.1, 0.15) is 10.5 Å². The Labute approximate surface area is 61.7 Å². The van der Waals surface area contributed by atoms with Gasteiger partial charge >= 0.3 is 5.97 Å². The standard InChI is InChI=1S/C5H4N4O2/c6-1-2-9-3-4(5(10)11)7-8-9/h3H,2H2,(H,10,11). The number of hydrogen-bond acceptors (Lipinski definition) is 4. The van der Waals surface area contributed by atoms with Crippen LogP contribution in [-0.4, -0.2) is 26.1 Å². The van der Waals surface area contributed by atoms with Crippen LogP contribution in [0, 0.1) is 11.3 Å². The number of hydrogen-bond donors (Lipinski definition) is 1. The van der Waals surface area contributed by atoms with Crippen molar-refractivity contribution < 1.29 is 9.90 Å². The molecule has 0 aliphatic carbocycles. The molecule has 1 heterocycles. The molecule has 1 aromatic heterocycles. The summed E-state index contributed by atoms with van der Waals surface area (Å²) < 4.78 is 1.16. The van der Waals surface area contributed by atoms with E-state index < -0.39 is 5.97 Å². The van der Waals surface area contributed by atoms with Gasteiger partial charge in [-0.05, 0) is 0 Å². The molecule has 1 aromatic rings. The van der Waals surface area contributed by atoms with E-state index in [0.717, 1.165) is 4.68 Å². The third-order valence-electron chi connectivity index (χ3n) is 0.990. The third kappa shape index (κ3) is 1.52. The van der Waals surface area contributed by atoms with Crippen LogP contribution < -0.4 is 0 Å². The lowest BCUT2D eigenvalue weighted by atomic mass is 10.5. The Morgan fingerprint density at radius 3 is 3.09 bits per heavy atom. The van der Waals surface area contributed by atoms with Gasteiger partial charge < -0.3 is 5.11 Å². The molecule has 0 unspecified atom stereocenters. The average molecular weight is 152 g/mol. The average Bonchev–Trinajstić information content (AvgIpc) is 2.37. The van der Waals surface area contributed by atoms with Gasteiger partial charge in [0, 0.05) is 0 Å². The molecule has 0 fully saturated rings. The summed E-state index contributed by atoms with van der Waals surface area (Å²) in [4.78, 5) is 10.2. The Morgan fingerprint density at radius 2 is 2.64 bits per heavy atom. The van der Waals surface area contributed by atoms with Gasteiger partial charge in [-0.25, -0.2) is 9.48 Å². The van der Waals surface area contributed by atoms with Crippen LogP contribution in [-0.2, 0) is 6.54 Å². The Kier molecular flexibility index (Phi) is 1.83. The molecule has 0 aliphatic heterocycles. The van der Waals surface area contributed by atoms with E-state index in [1.807, 2.05) is 0 Å². The van der Waals surface area contributed by atoms with E-state index in [0.29, 0.717) is 0 Å². The lowest BCUT2D eigenvalue weighted by molar-refractivity contribution is 0.0690. The van der Waals surface area contributed by atoms with Crippen LogP contribution in [0.4, 0.5) is 0 Å². The first-order chi connectivity index (χ1) is 5.24. The van der Waals surface area contributed by atoms with Gasteiger partial charge in [0.05, 0.1) is 12.3 Å². The van der Waals surface area contributed by atoms with Crippen molar-refractivity contribution in [3.05, 3.63) is 11.9 Å². The zero-order chi connectivity index (χ0) is 8.27. The van der Waals surface area contributed by atoms with E-state index in [1.165, 1.54) is 6.20 Å². The van der Waals surface area contributed by atoms with Crippen molar-refractivity contribution in [3.63, 3.8) is 0 Å². The molecular formula is C5H4N4O2. The van der Waals surface area contributed by atoms with Gasteiger partial charge in [-0.15, -0.1) is 5.10 Å². The fraction of sp³-hybridized carbons (Fsp3) is 0.200. The molecule has 0 amide bonds. The zero-order valence-electron chi connectivity index (χ0n) is 5.43. The maximum absolute atomic E-state index is 10.2. The lowest BCUT2D eigenvalue weighted by Crippen LogP contribution is -1.96. The van der Waals surface area contributed by atoms with Crippen LogP contribution >= 0.6 is 0 Å². The van der Waals surface area contributed by atoms with Gasteiger partial charge in [0.25, 0.3) is 0 Å². The third-order valence-corrected chi connectivity index (χ3v) is 0.990. The Hall–Kier alpha value is -1.90. The molecule has 0 aliphatic rings. The van der Waals surface area contributed by atoms with Crippen molar-refractivity contribution >= 4 is 5.97 Å². The van der Waals surface area contributed by atoms with Crippen molar-refractivity contribution in [1.29, 1.82) is 5.26 Å². The van der Waals surface area contributed by atoms with Gasteiger partial charge in [-0.2, -0.15) is 5.26 Å². The predicted molar refractivity (Wildman–Crippen MR) is 32.6 cm³/mol. The summed E-state index contributed by atoms with van der Waals surface area (Å²) >= 11 is 0. The van der Waals surface area contributed by atoms with Crippen LogP contribution in [0.15, 0.2) is 6.20 Å². The minimum Gasteiger partial charge on any atom is -0.476 e. The van der Waals surface area contributed by atoms with Crippen molar-refractivity contribution in [3.8, 4) is 6.07 Å². The van der Waals surface area contributed by atoms with Crippen molar-refractivity contribution in [2.24, 2.45) is 0 Å². The number of nitrogens with zero attached hydrogens (tertiary/aromatic N) is 4. The van der Waals surface area contributed by atoms with Crippen molar-refractivity contribution in [2.75, 3.05) is 0 Å². The summed E-state index contributed by atoms with van der Waals surface area (Å²) in [5.74, 6) is -1.14. The lowest BCUT2D eigenvalue weighted by Gasteiger charge is -1.84. The quantitative estimate of drug-likeness (QED) is 0.616. The zero-order valence-corrected chi connectivity index (χ0v) is 5.43. The number of carboxylic acids is 1. The highest BCUT2D eigenvalue weighted by molar-refractivity contribution is 5.84. The summed E-state index contributed by atoms with van der Waals surface area (Å²) in [6, 6.07) is 1.80. The first-order valence-electron chi connectivity index (χ1n) is 2.74. The smallest absolute Gasteiger partial charge is 0.358 e. The van der Waals surface area contributed by atoms with E-state index in [2.05, 4.69) is 10.3 Å². The molecule has 1 N–H and O–H groups in total. The summed E-state index contributed by atoms with van der Waals surface area (Å²) in [6.45, 7) is 0.0142. The summed E-state index contributed by atoms with van der Waals surface area (Å²) in [7, 11) is 0. The topological polar surface area (TPSA) is 91.8 Å². The van der Waals surface area contributed by atoms with E-state index in [4.69, 9.17) is 10.4 Å². The van der Waals surface area contributed by atoms with Crippen LogP contribution in [0.3, 0.4) is 0 Å². The van der Waals surface area contributed by atoms with Gasteiger partial charge in [0.2, 0.25) is 0 Å². The number of rotatable bonds is 2. The number of nitriles is 1. The molecule has 1 rings (SSSR count). The monoisotopic (exact) mass is 152 g/mol. The van der Waals surface area contributed by atoms with Crippen LogP contribution in [0.25, 0.3) is 0 Å². The second-order valence-electron chi connectivity index (χ2n) is 1.76. The molecule has 0 spiro atoms. The molecule has 0 saturated carbocycles. The van der Waals surface area contributed by atoms with Crippen LogP contribution in [0.2, 0.25) is 0 Å². The molecule has 6 heteroatoms. The summed E-state index contributed by atoms with van der Waals surface area (Å²) in [5, 5.41) is 23.2. The summed E-state index contributed by atoms with van der Waals surface area (Å²) in [5.41, 5.74) is -0.153. The van der Waals surface area contributed by atoms with Crippen molar-refractivity contribution in [1.82, 2.24) is 15.0 Å². The van der Waals surface area contributed by atoms with Crippen molar-refractivity contribution in [2.45, 2.75) is 6.54 Å². The Balaban J connectivity index is 2.83. The molecule has 6 nitrogen and oxygen atoms in total. The van der Waals surface area contributed by atoms with E-state index in [9.17, 15) is 4.79 Å². The Morgan fingerprint density at radius 1 is 1.91 bits per heavy atom. The predicted octanol–water partition coefficient (Wildman–Crippen LogP) is -0.500. The SMILES string of the molecule is N#CCn1cc(C(=O)O)nn1. The molecule has 0 atom stereocenters. The summed E-state index contributed by atoms with van der Waals surface area (Å²) in [6.07, 6.45) is 1.20. The Bertz CT molecular complexity index is 311. The fourth-order valence-corrected chi connectivity index (χ4v) is 0.546. The van der Waals surface area contributed by atoms with Gasteiger partial charge in [0.15, 0.2) is 5.69 Å². The molecule has 0 radical (unpaired) electrons. The van der Waals surface area contributed by atoms with E-state index in [1.54, 1.807) is 6.07 Å². The van der Waals surface area contributed by atoms with Crippen LogP contribution in [0.5, 0.6) is 0 Å². The highest BCUT2D eigenvalue weighted by Crippen LogP contribution is 1.91. The number of aromatic carboxylic acids is 1. The largest absolute Gasteiger partial charge is 0.476 e. The second-order valence-corrected chi connectivity index (χ2v) is 1.76. The van der Waals surface area contributed by atoms with Gasteiger partial charge in [-0.1, -0.05) is 5.21 Å². The minimum atomic E-state index is -1.14.